The smallest absolute Gasteiger partial charge is 0.163 e. The number of rotatable bonds is 2. The Labute approximate surface area is 69.6 Å². The Kier molecular flexibility index (Phi) is 1.59. The zero-order chi connectivity index (χ0) is 8.39. The van der Waals surface area contributed by atoms with Gasteiger partial charge in [0.2, 0.25) is 0 Å². The lowest BCUT2D eigenvalue weighted by Gasteiger charge is -1.92. The topological polar surface area (TPSA) is 43.1 Å². The first-order valence-corrected chi connectivity index (χ1v) is 3.66. The molecular formula is C8H8N4. The van der Waals surface area contributed by atoms with E-state index in [-0.39, 0.29) is 0 Å². The molecule has 0 spiro atoms. The van der Waals surface area contributed by atoms with Crippen molar-refractivity contribution in [2.24, 2.45) is 0 Å². The standard InChI is InChI=1S/C8H8N4/c1-2-3-7-10-11-8-4-5-9-6-12(7)8/h2,4-6H,1,3H2. The van der Waals surface area contributed by atoms with Gasteiger partial charge in [-0.15, -0.1) is 16.8 Å². The third-order valence-electron chi connectivity index (χ3n) is 1.61. The molecule has 2 rings (SSSR count). The fourth-order valence-corrected chi connectivity index (χ4v) is 1.06. The molecule has 0 aliphatic carbocycles. The summed E-state index contributed by atoms with van der Waals surface area (Å²) in [6, 6.07) is 1.82. The van der Waals surface area contributed by atoms with Crippen molar-refractivity contribution < 1.29 is 0 Å². The molecule has 0 aliphatic rings. The Bertz CT molecular complexity index is 404. The van der Waals surface area contributed by atoms with Crippen LogP contribution in [0.5, 0.6) is 0 Å². The van der Waals surface area contributed by atoms with E-state index in [1.165, 1.54) is 0 Å². The maximum Gasteiger partial charge on any atom is 0.163 e. The average Bonchev–Trinajstić information content (AvgIpc) is 2.50. The van der Waals surface area contributed by atoms with Crippen LogP contribution >= 0.6 is 0 Å². The van der Waals surface area contributed by atoms with Gasteiger partial charge in [0.05, 0.1) is 0 Å². The second-order valence-electron chi connectivity index (χ2n) is 2.42. The predicted molar refractivity (Wildman–Crippen MR) is 44.7 cm³/mol. The van der Waals surface area contributed by atoms with Gasteiger partial charge in [-0.25, -0.2) is 4.98 Å². The van der Waals surface area contributed by atoms with E-state index >= 15 is 0 Å². The lowest BCUT2D eigenvalue weighted by atomic mass is 10.4. The van der Waals surface area contributed by atoms with Crippen LogP contribution in [0, 0.1) is 0 Å². The molecular weight excluding hydrogens is 152 g/mol. The molecule has 0 saturated carbocycles. The highest BCUT2D eigenvalue weighted by atomic mass is 15.3. The van der Waals surface area contributed by atoms with Crippen LogP contribution in [-0.2, 0) is 6.42 Å². The number of hydrogen-bond acceptors (Lipinski definition) is 3. The van der Waals surface area contributed by atoms with Crippen molar-refractivity contribution in [1.82, 2.24) is 19.6 Å². The van der Waals surface area contributed by atoms with Crippen LogP contribution in [-0.4, -0.2) is 19.6 Å². The molecule has 4 nitrogen and oxygen atoms in total. The lowest BCUT2D eigenvalue weighted by molar-refractivity contribution is 0.936. The van der Waals surface area contributed by atoms with Crippen molar-refractivity contribution in [2.45, 2.75) is 6.42 Å². The predicted octanol–water partition coefficient (Wildman–Crippen LogP) is 0.853. The Morgan fingerprint density at radius 1 is 1.50 bits per heavy atom. The summed E-state index contributed by atoms with van der Waals surface area (Å²) in [5.41, 5.74) is 0.821. The molecule has 0 amide bonds. The molecule has 0 unspecified atom stereocenters. The fraction of sp³-hybridized carbons (Fsp3) is 0.125. The summed E-state index contributed by atoms with van der Waals surface area (Å²) in [7, 11) is 0. The number of allylic oxidation sites excluding steroid dienone is 1. The molecule has 4 heteroatoms. The summed E-state index contributed by atoms with van der Waals surface area (Å²) in [5.74, 6) is 0.869. The van der Waals surface area contributed by atoms with Crippen LogP contribution in [0.1, 0.15) is 5.82 Å². The van der Waals surface area contributed by atoms with Crippen molar-refractivity contribution in [1.29, 1.82) is 0 Å². The first-order chi connectivity index (χ1) is 5.92. The molecule has 0 aromatic carbocycles. The van der Waals surface area contributed by atoms with Gasteiger partial charge in [0.25, 0.3) is 0 Å². The van der Waals surface area contributed by atoms with Crippen LogP contribution in [0.25, 0.3) is 5.65 Å². The lowest BCUT2D eigenvalue weighted by Crippen LogP contribution is -1.92. The summed E-state index contributed by atoms with van der Waals surface area (Å²) < 4.78 is 1.85. The van der Waals surface area contributed by atoms with E-state index in [0.29, 0.717) is 6.42 Å². The van der Waals surface area contributed by atoms with Gasteiger partial charge in [-0.2, -0.15) is 0 Å². The van der Waals surface area contributed by atoms with Gasteiger partial charge in [-0.1, -0.05) is 6.08 Å². The van der Waals surface area contributed by atoms with Crippen molar-refractivity contribution in [3.8, 4) is 0 Å². The van der Waals surface area contributed by atoms with Crippen LogP contribution in [0.15, 0.2) is 31.2 Å². The van der Waals surface area contributed by atoms with E-state index in [0.717, 1.165) is 11.5 Å². The Morgan fingerprint density at radius 3 is 3.25 bits per heavy atom. The number of hydrogen-bond donors (Lipinski definition) is 0. The Hall–Kier alpha value is -1.71. The normalized spacial score (nSPS) is 10.3. The molecule has 2 aromatic rings. The molecule has 0 aliphatic heterocycles. The largest absolute Gasteiger partial charge is 0.269 e. The van der Waals surface area contributed by atoms with Crippen molar-refractivity contribution in [2.75, 3.05) is 0 Å². The van der Waals surface area contributed by atoms with Gasteiger partial charge >= 0.3 is 0 Å². The highest BCUT2D eigenvalue weighted by Gasteiger charge is 2.00. The molecule has 0 atom stereocenters. The van der Waals surface area contributed by atoms with Crippen LogP contribution in [0.3, 0.4) is 0 Å². The first kappa shape index (κ1) is 6.97. The second-order valence-corrected chi connectivity index (χ2v) is 2.42. The summed E-state index contributed by atoms with van der Waals surface area (Å²) in [6.07, 6.45) is 5.91. The van der Waals surface area contributed by atoms with E-state index < -0.39 is 0 Å². The van der Waals surface area contributed by atoms with E-state index in [4.69, 9.17) is 0 Å². The SMILES string of the molecule is C=CCc1nnc2ccncn12. The minimum Gasteiger partial charge on any atom is -0.269 e. The van der Waals surface area contributed by atoms with E-state index in [1.54, 1.807) is 18.6 Å². The summed E-state index contributed by atoms with van der Waals surface area (Å²) in [6.45, 7) is 3.64. The van der Waals surface area contributed by atoms with E-state index in [9.17, 15) is 0 Å². The maximum absolute atomic E-state index is 3.99. The minimum absolute atomic E-state index is 0.715. The van der Waals surface area contributed by atoms with Gasteiger partial charge < -0.3 is 0 Å². The number of aromatic nitrogens is 4. The quantitative estimate of drug-likeness (QED) is 0.612. The van der Waals surface area contributed by atoms with E-state index in [1.807, 2.05) is 10.5 Å². The van der Waals surface area contributed by atoms with Gasteiger partial charge in [0, 0.05) is 18.7 Å². The minimum atomic E-state index is 0.715. The zero-order valence-electron chi connectivity index (χ0n) is 6.51. The summed E-state index contributed by atoms with van der Waals surface area (Å²) in [4.78, 5) is 3.98. The molecule has 0 N–H and O–H groups in total. The summed E-state index contributed by atoms with van der Waals surface area (Å²) >= 11 is 0. The number of nitrogens with zero attached hydrogens (tertiary/aromatic N) is 4. The van der Waals surface area contributed by atoms with Gasteiger partial charge in [-0.3, -0.25) is 4.40 Å². The van der Waals surface area contributed by atoms with Gasteiger partial charge in [0.15, 0.2) is 5.65 Å². The Balaban J connectivity index is 2.62. The van der Waals surface area contributed by atoms with Crippen LogP contribution in [0.2, 0.25) is 0 Å². The molecule has 0 fully saturated rings. The second kappa shape index (κ2) is 2.73. The number of fused-ring (bicyclic) bond motifs is 1. The molecule has 60 valence electrons. The Morgan fingerprint density at radius 2 is 2.42 bits per heavy atom. The molecule has 0 radical (unpaired) electrons. The van der Waals surface area contributed by atoms with Crippen molar-refractivity contribution in [3.63, 3.8) is 0 Å². The highest BCUT2D eigenvalue weighted by molar-refractivity contribution is 5.35. The molecule has 0 saturated heterocycles. The van der Waals surface area contributed by atoms with Crippen molar-refractivity contribution in [3.05, 3.63) is 37.1 Å². The average molecular weight is 160 g/mol. The maximum atomic E-state index is 3.99. The summed E-state index contributed by atoms with van der Waals surface area (Å²) in [5, 5.41) is 7.95. The molecule has 12 heavy (non-hydrogen) atoms. The van der Waals surface area contributed by atoms with Gasteiger partial charge in [-0.05, 0) is 0 Å². The van der Waals surface area contributed by atoms with Gasteiger partial charge in [0.1, 0.15) is 12.2 Å². The van der Waals surface area contributed by atoms with Crippen molar-refractivity contribution >= 4 is 5.65 Å². The molecule has 0 bridgehead atoms. The fourth-order valence-electron chi connectivity index (χ4n) is 1.06. The molecule has 2 aromatic heterocycles. The zero-order valence-corrected chi connectivity index (χ0v) is 6.51. The van der Waals surface area contributed by atoms with Crippen LogP contribution < -0.4 is 0 Å². The van der Waals surface area contributed by atoms with Crippen LogP contribution in [0.4, 0.5) is 0 Å². The monoisotopic (exact) mass is 160 g/mol. The van der Waals surface area contributed by atoms with E-state index in [2.05, 4.69) is 21.8 Å². The molecule has 2 heterocycles. The third kappa shape index (κ3) is 0.972. The highest BCUT2D eigenvalue weighted by Crippen LogP contribution is 2.01. The first-order valence-electron chi connectivity index (χ1n) is 3.66. The third-order valence-corrected chi connectivity index (χ3v) is 1.61.